The van der Waals surface area contributed by atoms with Crippen LogP contribution in [0.15, 0.2) is 36.4 Å². The number of rotatable bonds is 29. The molecule has 0 saturated heterocycles. The minimum atomic E-state index is 0. The third kappa shape index (κ3) is 18.5. The van der Waals surface area contributed by atoms with Crippen LogP contribution in [-0.2, 0) is 12.8 Å². The van der Waals surface area contributed by atoms with Gasteiger partial charge in [0.2, 0.25) is 0 Å². The lowest BCUT2D eigenvalue weighted by atomic mass is 10.0. The van der Waals surface area contributed by atoms with E-state index in [1.165, 1.54) is 197 Å². The summed E-state index contributed by atoms with van der Waals surface area (Å²) in [7, 11) is 0. The van der Waals surface area contributed by atoms with Gasteiger partial charge in [-0.2, -0.15) is 13.5 Å². The maximum atomic E-state index is 2.48. The summed E-state index contributed by atoms with van der Waals surface area (Å²) in [6, 6.07) is 9.77. The average molecular weight is 807 g/mol. The van der Waals surface area contributed by atoms with Crippen molar-refractivity contribution in [3.63, 3.8) is 0 Å². The predicted octanol–water partition coefficient (Wildman–Crippen LogP) is 17.9. The maximum absolute atomic E-state index is 2.48. The van der Waals surface area contributed by atoms with Crippen molar-refractivity contribution in [3.8, 4) is 9.75 Å². The molecule has 0 aromatic carbocycles. The molecule has 0 aliphatic heterocycles. The second-order valence-electron chi connectivity index (χ2n) is 15.4. The molecule has 0 spiro atoms. The molecule has 4 rings (SSSR count). The van der Waals surface area contributed by atoms with Gasteiger partial charge >= 0.3 is 0 Å². The van der Waals surface area contributed by atoms with E-state index in [2.05, 4.69) is 64.1 Å². The van der Waals surface area contributed by atoms with Crippen molar-refractivity contribution in [2.75, 3.05) is 0 Å². The first-order valence-corrected chi connectivity index (χ1v) is 23.7. The first kappa shape index (κ1) is 49.8. The summed E-state index contributed by atoms with van der Waals surface area (Å²) in [5.41, 5.74) is 6.24. The van der Waals surface area contributed by atoms with E-state index in [0.29, 0.717) is 0 Å². The lowest BCUT2D eigenvalue weighted by Crippen LogP contribution is -1.90. The highest BCUT2D eigenvalue weighted by Crippen LogP contribution is 2.44. The monoisotopic (exact) mass is 806 g/mol. The van der Waals surface area contributed by atoms with E-state index in [1.54, 1.807) is 21.6 Å². The molecule has 0 saturated carbocycles. The van der Waals surface area contributed by atoms with Crippen molar-refractivity contribution in [1.82, 2.24) is 0 Å². The molecule has 0 amide bonds. The van der Waals surface area contributed by atoms with Crippen molar-refractivity contribution < 1.29 is 9.41 Å². The van der Waals surface area contributed by atoms with Gasteiger partial charge in [0.1, 0.15) is 0 Å². The van der Waals surface area contributed by atoms with Crippen LogP contribution < -0.4 is 0 Å². The lowest BCUT2D eigenvalue weighted by molar-refractivity contribution is 0.544. The Morgan fingerprint density at radius 1 is 0.434 bits per heavy atom. The third-order valence-corrected chi connectivity index (χ3v) is 14.4. The predicted molar refractivity (Wildman–Crippen MR) is 247 cm³/mol. The van der Waals surface area contributed by atoms with E-state index in [0.717, 1.165) is 6.42 Å². The van der Waals surface area contributed by atoms with Gasteiger partial charge in [0, 0.05) is 35.7 Å². The van der Waals surface area contributed by atoms with Gasteiger partial charge in [0.15, 0.2) is 0 Å². The van der Waals surface area contributed by atoms with Crippen LogP contribution in [0.5, 0.6) is 0 Å². The second-order valence-corrected chi connectivity index (χ2v) is 19.0. The van der Waals surface area contributed by atoms with Crippen LogP contribution in [0.4, 0.5) is 9.41 Å². The Balaban J connectivity index is 0.00000468. The Kier molecular flexibility index (Phi) is 28.2. The SMILES string of the molecule is CCCCCCCCCCCCCCc1cc(C)sc1C1=CC=C(c2ccc(-c3sc(C)cc3CCCCCCCCCCCCCC)s2)C1.F.F.S. The Morgan fingerprint density at radius 2 is 0.792 bits per heavy atom. The fourth-order valence-corrected chi connectivity index (χ4v) is 11.1. The molecule has 0 fully saturated rings. The summed E-state index contributed by atoms with van der Waals surface area (Å²) in [6.07, 6.45) is 42.4. The molecule has 3 aromatic heterocycles. The molecule has 53 heavy (non-hydrogen) atoms. The number of allylic oxidation sites excluding steroid dienone is 4. The van der Waals surface area contributed by atoms with Gasteiger partial charge in [0.25, 0.3) is 0 Å². The fourth-order valence-electron chi connectivity index (χ4n) is 7.78. The first-order chi connectivity index (χ1) is 24.6. The molecule has 0 bridgehead atoms. The third-order valence-electron chi connectivity index (χ3n) is 10.8. The number of unbranched alkanes of at least 4 members (excludes halogenated alkanes) is 22. The zero-order valence-electron chi connectivity index (χ0n) is 34.1. The normalized spacial score (nSPS) is 12.3. The minimum Gasteiger partial charge on any atom is -0.269 e. The van der Waals surface area contributed by atoms with E-state index >= 15 is 0 Å². The van der Waals surface area contributed by atoms with Gasteiger partial charge in [-0.1, -0.05) is 167 Å². The Morgan fingerprint density at radius 3 is 1.25 bits per heavy atom. The van der Waals surface area contributed by atoms with Crippen LogP contribution >= 0.6 is 47.5 Å². The molecular weight excluding hydrogens is 731 g/mol. The molecule has 0 atom stereocenters. The molecule has 0 unspecified atom stereocenters. The number of hydrogen-bond acceptors (Lipinski definition) is 3. The number of hydrogen-bond donors (Lipinski definition) is 0. The molecule has 3 heterocycles. The van der Waals surface area contributed by atoms with Crippen molar-refractivity contribution >= 4 is 58.7 Å². The van der Waals surface area contributed by atoms with Crippen molar-refractivity contribution in [3.05, 3.63) is 67.1 Å². The van der Waals surface area contributed by atoms with Gasteiger partial charge in [-0.15, -0.1) is 34.0 Å². The van der Waals surface area contributed by atoms with Crippen molar-refractivity contribution in [2.45, 2.75) is 201 Å². The minimum absolute atomic E-state index is 0. The van der Waals surface area contributed by atoms with Gasteiger partial charge in [0.05, 0.1) is 0 Å². The van der Waals surface area contributed by atoms with Crippen LogP contribution in [0.25, 0.3) is 20.9 Å². The molecule has 302 valence electrons. The average Bonchev–Trinajstić information content (AvgIpc) is 3.92. The van der Waals surface area contributed by atoms with E-state index in [9.17, 15) is 0 Å². The van der Waals surface area contributed by atoms with Gasteiger partial charge in [-0.3, -0.25) is 9.41 Å². The Hall–Kier alpha value is -1.21. The first-order valence-electron chi connectivity index (χ1n) is 21.3. The maximum Gasteiger partial charge on any atom is 0.0477 e. The van der Waals surface area contributed by atoms with Gasteiger partial charge < -0.3 is 0 Å². The van der Waals surface area contributed by atoms with Crippen LogP contribution in [0.1, 0.15) is 205 Å². The zero-order valence-corrected chi connectivity index (χ0v) is 37.5. The molecule has 1 aliphatic rings. The highest BCUT2D eigenvalue weighted by molar-refractivity contribution is 7.59. The highest BCUT2D eigenvalue weighted by atomic mass is 32.1. The highest BCUT2D eigenvalue weighted by Gasteiger charge is 2.19. The number of thiophene rings is 3. The van der Waals surface area contributed by atoms with Crippen LogP contribution in [-0.4, -0.2) is 0 Å². The summed E-state index contributed by atoms with van der Waals surface area (Å²) in [5, 5.41) is 0. The molecule has 3 aromatic rings. The number of aryl methyl sites for hydroxylation is 4. The molecule has 1 aliphatic carbocycles. The zero-order chi connectivity index (χ0) is 35.2. The topological polar surface area (TPSA) is 0 Å². The summed E-state index contributed by atoms with van der Waals surface area (Å²) in [4.78, 5) is 8.96. The summed E-state index contributed by atoms with van der Waals surface area (Å²) < 4.78 is 0. The quantitative estimate of drug-likeness (QED) is 0.0613. The van der Waals surface area contributed by atoms with E-state index < -0.39 is 0 Å². The van der Waals surface area contributed by atoms with Crippen LogP contribution in [0.3, 0.4) is 0 Å². The van der Waals surface area contributed by atoms with Crippen LogP contribution in [0.2, 0.25) is 0 Å². The Labute approximate surface area is 344 Å². The van der Waals surface area contributed by atoms with Crippen LogP contribution in [0, 0.1) is 13.8 Å². The molecule has 0 nitrogen and oxygen atoms in total. The van der Waals surface area contributed by atoms with E-state index in [1.807, 2.05) is 34.0 Å². The summed E-state index contributed by atoms with van der Waals surface area (Å²) in [6.45, 7) is 9.21. The van der Waals surface area contributed by atoms with Crippen molar-refractivity contribution in [2.24, 2.45) is 0 Å². The second kappa shape index (κ2) is 30.0. The standard InChI is InChI=1S/C47H72S3.2FH.H2S/c1-5-7-9-11-13-15-17-19-21-23-25-27-29-41-35-38(3)48-46(41)43-32-31-40(37-43)44-33-34-45(50-44)47-42(36-39(4)49-47)30-28-26-24-22-20-18-16-14-12-10-8-6-2;;;/h31-36H,5-30,37H2,1-4H3;2*1H;1H2. The van der Waals surface area contributed by atoms with E-state index in [4.69, 9.17) is 0 Å². The fraction of sp³-hybridized carbons (Fsp3) is 0.660. The molecule has 0 N–H and O–H groups in total. The van der Waals surface area contributed by atoms with Gasteiger partial charge in [-0.25, -0.2) is 0 Å². The van der Waals surface area contributed by atoms with Crippen molar-refractivity contribution in [1.29, 1.82) is 0 Å². The lowest BCUT2D eigenvalue weighted by Gasteiger charge is -2.07. The molecule has 6 heteroatoms. The smallest absolute Gasteiger partial charge is 0.0477 e. The molecular formula is C47H76F2S4. The van der Waals surface area contributed by atoms with Gasteiger partial charge in [-0.05, 0) is 86.1 Å². The Bertz CT molecular complexity index is 1410. The summed E-state index contributed by atoms with van der Waals surface area (Å²) in [5.74, 6) is 0. The number of halogens is 2. The largest absolute Gasteiger partial charge is 0.269 e. The summed E-state index contributed by atoms with van der Waals surface area (Å²) >= 11 is 6.05. The molecule has 0 radical (unpaired) electrons. The van der Waals surface area contributed by atoms with E-state index in [-0.39, 0.29) is 22.9 Å².